The van der Waals surface area contributed by atoms with Gasteiger partial charge in [-0.1, -0.05) is 35.5 Å². The molecule has 1 aromatic carbocycles. The van der Waals surface area contributed by atoms with Gasteiger partial charge >= 0.3 is 5.97 Å². The normalized spacial score (nSPS) is 20.3. The number of rotatable bonds is 8. The average molecular weight is 499 g/mol. The van der Waals surface area contributed by atoms with Crippen LogP contribution in [0.2, 0.25) is 0 Å². The van der Waals surface area contributed by atoms with E-state index in [0.29, 0.717) is 17.8 Å². The van der Waals surface area contributed by atoms with Crippen molar-refractivity contribution in [3.63, 3.8) is 0 Å². The van der Waals surface area contributed by atoms with E-state index in [4.69, 9.17) is 14.5 Å². The molecule has 188 valence electrons. The van der Waals surface area contributed by atoms with Crippen LogP contribution in [0.25, 0.3) is 0 Å². The molecule has 1 unspecified atom stereocenters. The molecule has 8 nitrogen and oxygen atoms in total. The minimum absolute atomic E-state index is 0.0466. The lowest BCUT2D eigenvalue weighted by Gasteiger charge is -2.37. The van der Waals surface area contributed by atoms with Gasteiger partial charge < -0.3 is 19.7 Å². The molecule has 1 atom stereocenters. The minimum Gasteiger partial charge on any atom is -0.463 e. The molecule has 0 aliphatic carbocycles. The zero-order chi connectivity index (χ0) is 24.9. The summed E-state index contributed by atoms with van der Waals surface area (Å²) < 4.78 is 10.8. The van der Waals surface area contributed by atoms with Gasteiger partial charge in [0.25, 0.3) is 0 Å². The van der Waals surface area contributed by atoms with Gasteiger partial charge in [-0.05, 0) is 44.2 Å². The summed E-state index contributed by atoms with van der Waals surface area (Å²) in [5, 5.41) is 5.79. The van der Waals surface area contributed by atoms with Gasteiger partial charge in [-0.2, -0.15) is 0 Å². The van der Waals surface area contributed by atoms with E-state index < -0.39 is 6.04 Å². The molecule has 0 aromatic heterocycles. The molecule has 1 fully saturated rings. The van der Waals surface area contributed by atoms with Gasteiger partial charge in [-0.25, -0.2) is 9.79 Å². The number of hydrogen-bond acceptors (Lipinski definition) is 8. The second-order valence-electron chi connectivity index (χ2n) is 8.95. The molecule has 35 heavy (non-hydrogen) atoms. The fourth-order valence-corrected chi connectivity index (χ4v) is 5.64. The SMILES string of the molecule is CCOC(=O)C1=C(C)N=C2SC=C(CC(=O)NCCN3CCOCC3)N2C1c1ccc(C)cc1C. The van der Waals surface area contributed by atoms with Gasteiger partial charge in [0.2, 0.25) is 5.91 Å². The third-order valence-corrected chi connectivity index (χ3v) is 7.30. The predicted octanol–water partition coefficient (Wildman–Crippen LogP) is 3.28. The smallest absolute Gasteiger partial charge is 0.338 e. The van der Waals surface area contributed by atoms with E-state index >= 15 is 0 Å². The van der Waals surface area contributed by atoms with Crippen LogP contribution in [0.5, 0.6) is 0 Å². The van der Waals surface area contributed by atoms with Crippen molar-refractivity contribution in [1.29, 1.82) is 0 Å². The molecule has 0 bridgehead atoms. The van der Waals surface area contributed by atoms with E-state index in [1.165, 1.54) is 11.8 Å². The molecule has 4 rings (SSSR count). The van der Waals surface area contributed by atoms with Crippen molar-refractivity contribution < 1.29 is 19.1 Å². The van der Waals surface area contributed by atoms with Gasteiger partial charge in [0.05, 0.1) is 43.6 Å². The number of fused-ring (bicyclic) bond motifs is 1. The average Bonchev–Trinajstić information content (AvgIpc) is 3.21. The Morgan fingerprint density at radius 1 is 1.23 bits per heavy atom. The number of carbonyl (C=O) groups is 2. The number of carbonyl (C=O) groups excluding carboxylic acids is 2. The Labute approximate surface area is 211 Å². The highest BCUT2D eigenvalue weighted by atomic mass is 32.2. The van der Waals surface area contributed by atoms with E-state index in [-0.39, 0.29) is 24.9 Å². The number of thioether (sulfide) groups is 1. The maximum Gasteiger partial charge on any atom is 0.338 e. The molecule has 3 heterocycles. The number of hydrogen-bond donors (Lipinski definition) is 1. The lowest BCUT2D eigenvalue weighted by molar-refractivity contribution is -0.139. The number of morpholine rings is 1. The molecule has 3 aliphatic rings. The summed E-state index contributed by atoms with van der Waals surface area (Å²) in [6.07, 6.45) is 0.214. The van der Waals surface area contributed by atoms with Crippen molar-refractivity contribution in [3.8, 4) is 0 Å². The Balaban J connectivity index is 1.55. The third-order valence-electron chi connectivity index (χ3n) is 6.41. The van der Waals surface area contributed by atoms with Crippen LogP contribution in [0.3, 0.4) is 0 Å². The number of esters is 1. The second-order valence-corrected chi connectivity index (χ2v) is 9.79. The third kappa shape index (κ3) is 5.79. The first-order valence-corrected chi connectivity index (χ1v) is 13.0. The number of allylic oxidation sites excluding steroid dienone is 1. The quantitative estimate of drug-likeness (QED) is 0.551. The van der Waals surface area contributed by atoms with Crippen molar-refractivity contribution >= 4 is 28.8 Å². The highest BCUT2D eigenvalue weighted by Crippen LogP contribution is 2.45. The van der Waals surface area contributed by atoms with Crippen LogP contribution in [0, 0.1) is 13.8 Å². The lowest BCUT2D eigenvalue weighted by Crippen LogP contribution is -2.42. The van der Waals surface area contributed by atoms with Crippen molar-refractivity contribution in [2.24, 2.45) is 4.99 Å². The summed E-state index contributed by atoms with van der Waals surface area (Å²) in [4.78, 5) is 35.0. The van der Waals surface area contributed by atoms with Gasteiger partial charge in [0.1, 0.15) is 0 Å². The fraction of sp³-hybridized carbons (Fsp3) is 0.500. The largest absolute Gasteiger partial charge is 0.463 e. The molecule has 0 spiro atoms. The van der Waals surface area contributed by atoms with Crippen LogP contribution in [0.1, 0.15) is 43.0 Å². The summed E-state index contributed by atoms with van der Waals surface area (Å²) >= 11 is 1.49. The Hall–Kier alpha value is -2.62. The Morgan fingerprint density at radius 3 is 2.71 bits per heavy atom. The van der Waals surface area contributed by atoms with Crippen LogP contribution >= 0.6 is 11.8 Å². The first-order valence-electron chi connectivity index (χ1n) is 12.1. The summed E-state index contributed by atoms with van der Waals surface area (Å²) in [6.45, 7) is 12.7. The minimum atomic E-state index is -0.399. The molecular weight excluding hydrogens is 464 g/mol. The first-order chi connectivity index (χ1) is 16.9. The molecule has 0 radical (unpaired) electrons. The molecular formula is C26H34N4O4S. The van der Waals surface area contributed by atoms with Gasteiger partial charge in [-0.15, -0.1) is 0 Å². The number of aliphatic imine (C=N–C) groups is 1. The predicted molar refractivity (Wildman–Crippen MR) is 138 cm³/mol. The molecule has 0 saturated carbocycles. The second kappa shape index (κ2) is 11.4. The van der Waals surface area contributed by atoms with Gasteiger partial charge in [0, 0.05) is 31.9 Å². The van der Waals surface area contributed by atoms with E-state index in [9.17, 15) is 9.59 Å². The van der Waals surface area contributed by atoms with Crippen molar-refractivity contribution in [1.82, 2.24) is 15.1 Å². The molecule has 1 amide bonds. The number of amides is 1. The number of ether oxygens (including phenoxy) is 2. The number of nitrogens with zero attached hydrogens (tertiary/aromatic N) is 3. The van der Waals surface area contributed by atoms with Crippen LogP contribution in [0.4, 0.5) is 0 Å². The highest BCUT2D eigenvalue weighted by molar-refractivity contribution is 8.16. The molecule has 1 aromatic rings. The van der Waals surface area contributed by atoms with E-state index in [1.807, 2.05) is 17.2 Å². The summed E-state index contributed by atoms with van der Waals surface area (Å²) in [5.41, 5.74) is 5.24. The number of aryl methyl sites for hydroxylation is 2. The molecule has 1 saturated heterocycles. The maximum atomic E-state index is 13.1. The Bertz CT molecular complexity index is 1080. The van der Waals surface area contributed by atoms with Crippen LogP contribution in [-0.4, -0.2) is 72.8 Å². The van der Waals surface area contributed by atoms with E-state index in [2.05, 4.69) is 42.3 Å². The first kappa shape index (κ1) is 25.5. The summed E-state index contributed by atoms with van der Waals surface area (Å²) in [6, 6.07) is 5.83. The van der Waals surface area contributed by atoms with E-state index in [1.54, 1.807) is 6.92 Å². The monoisotopic (exact) mass is 498 g/mol. The zero-order valence-corrected chi connectivity index (χ0v) is 21.7. The number of amidine groups is 1. The van der Waals surface area contributed by atoms with Crippen molar-refractivity contribution in [2.45, 2.75) is 40.2 Å². The van der Waals surface area contributed by atoms with Crippen molar-refractivity contribution in [2.75, 3.05) is 46.0 Å². The van der Waals surface area contributed by atoms with Gasteiger partial charge in [0.15, 0.2) is 5.17 Å². The van der Waals surface area contributed by atoms with Crippen LogP contribution in [0.15, 0.2) is 45.6 Å². The maximum absolute atomic E-state index is 13.1. The topological polar surface area (TPSA) is 83.5 Å². The Morgan fingerprint density at radius 2 is 2.00 bits per heavy atom. The van der Waals surface area contributed by atoms with Crippen LogP contribution in [-0.2, 0) is 19.1 Å². The zero-order valence-electron chi connectivity index (χ0n) is 20.9. The Kier molecular flexibility index (Phi) is 8.30. The molecule has 3 aliphatic heterocycles. The summed E-state index contributed by atoms with van der Waals surface area (Å²) in [7, 11) is 0. The van der Waals surface area contributed by atoms with E-state index in [0.717, 1.165) is 60.4 Å². The molecule has 1 N–H and O–H groups in total. The number of benzene rings is 1. The highest BCUT2D eigenvalue weighted by Gasteiger charge is 2.41. The van der Waals surface area contributed by atoms with Gasteiger partial charge in [-0.3, -0.25) is 9.69 Å². The fourth-order valence-electron chi connectivity index (χ4n) is 4.67. The lowest BCUT2D eigenvalue weighted by atomic mass is 9.90. The van der Waals surface area contributed by atoms with Crippen LogP contribution < -0.4 is 5.32 Å². The summed E-state index contributed by atoms with van der Waals surface area (Å²) in [5.74, 6) is -0.418. The van der Waals surface area contributed by atoms with Crippen molar-refractivity contribution in [3.05, 3.63) is 57.3 Å². The number of nitrogens with one attached hydrogen (secondary N) is 1. The standard InChI is InChI=1S/C26H34N4O4S/c1-5-34-25(32)23-19(4)28-26-30(24(23)21-7-6-17(2)14-18(21)3)20(16-35-26)15-22(31)27-8-9-29-10-12-33-13-11-29/h6-7,14,16,24H,5,8-13,15H2,1-4H3,(H,27,31). The molecule has 9 heteroatoms.